The molecule has 1 aliphatic rings. The standard InChI is InChI=1S/C27H33N5O5/c1-32(2)9-11-36-24-14-17(20-15-30-31-16-20)4-6-21(24)25-22(26(28)33)13-19-12-18(5-7-23(19)37-25)27(34)29-8-10-35-3/h4-7,12,14-16,22,25H,8-11,13H2,1-3H3,(H2,28,33)(H,29,34)(H,30,31). The van der Waals surface area contributed by atoms with E-state index in [1.165, 1.54) is 0 Å². The van der Waals surface area contributed by atoms with Gasteiger partial charge in [0.15, 0.2) is 0 Å². The Morgan fingerprint density at radius 3 is 2.73 bits per heavy atom. The van der Waals surface area contributed by atoms with Gasteiger partial charge in [-0.1, -0.05) is 12.1 Å². The van der Waals surface area contributed by atoms with E-state index in [9.17, 15) is 9.59 Å². The summed E-state index contributed by atoms with van der Waals surface area (Å²) in [6.07, 6.45) is 3.25. The van der Waals surface area contributed by atoms with Crippen molar-refractivity contribution in [1.82, 2.24) is 20.4 Å². The van der Waals surface area contributed by atoms with Crippen LogP contribution in [0.2, 0.25) is 0 Å². The number of rotatable bonds is 11. The predicted molar refractivity (Wildman–Crippen MR) is 138 cm³/mol. The van der Waals surface area contributed by atoms with Gasteiger partial charge in [-0.05, 0) is 55.9 Å². The van der Waals surface area contributed by atoms with Crippen LogP contribution in [0.25, 0.3) is 11.1 Å². The lowest BCUT2D eigenvalue weighted by Crippen LogP contribution is -2.36. The van der Waals surface area contributed by atoms with Crippen molar-refractivity contribution in [1.29, 1.82) is 0 Å². The first-order chi connectivity index (χ1) is 17.9. The smallest absolute Gasteiger partial charge is 0.251 e. The van der Waals surface area contributed by atoms with E-state index in [2.05, 4.69) is 15.5 Å². The second-order valence-electron chi connectivity index (χ2n) is 9.21. The molecule has 10 nitrogen and oxygen atoms in total. The number of hydrogen-bond donors (Lipinski definition) is 3. The molecule has 4 rings (SSSR count). The monoisotopic (exact) mass is 507 g/mol. The van der Waals surface area contributed by atoms with Crippen LogP contribution in [0, 0.1) is 5.92 Å². The van der Waals surface area contributed by atoms with Crippen LogP contribution in [0.1, 0.15) is 27.6 Å². The Morgan fingerprint density at radius 2 is 2.03 bits per heavy atom. The number of ether oxygens (including phenoxy) is 3. The Morgan fingerprint density at radius 1 is 1.19 bits per heavy atom. The molecule has 0 saturated heterocycles. The fraction of sp³-hybridized carbons (Fsp3) is 0.370. The third kappa shape index (κ3) is 6.28. The van der Waals surface area contributed by atoms with Crippen molar-refractivity contribution in [3.05, 3.63) is 65.5 Å². The molecule has 2 amide bonds. The van der Waals surface area contributed by atoms with Gasteiger partial charge in [0.2, 0.25) is 5.91 Å². The molecule has 0 aliphatic carbocycles. The van der Waals surface area contributed by atoms with E-state index < -0.39 is 17.9 Å². The number of aromatic amines is 1. The molecule has 0 fully saturated rings. The average Bonchev–Trinajstić information content (AvgIpc) is 3.42. The molecule has 2 unspecified atom stereocenters. The molecule has 37 heavy (non-hydrogen) atoms. The van der Waals surface area contributed by atoms with Crippen LogP contribution >= 0.6 is 0 Å². The summed E-state index contributed by atoms with van der Waals surface area (Å²) in [5.41, 5.74) is 9.67. The number of fused-ring (bicyclic) bond motifs is 1. The number of carbonyl (C=O) groups excluding carboxylic acids is 2. The van der Waals surface area contributed by atoms with Crippen LogP contribution < -0.4 is 20.5 Å². The first-order valence-corrected chi connectivity index (χ1v) is 12.1. The highest BCUT2D eigenvalue weighted by Gasteiger charge is 2.37. The number of amides is 2. The third-order valence-electron chi connectivity index (χ3n) is 6.29. The lowest BCUT2D eigenvalue weighted by molar-refractivity contribution is -0.125. The van der Waals surface area contributed by atoms with Crippen molar-refractivity contribution in [3.8, 4) is 22.6 Å². The van der Waals surface area contributed by atoms with Gasteiger partial charge in [0.1, 0.15) is 24.2 Å². The fourth-order valence-corrected chi connectivity index (χ4v) is 4.28. The normalized spacial score (nSPS) is 16.6. The number of nitrogens with zero attached hydrogens (tertiary/aromatic N) is 2. The van der Waals surface area contributed by atoms with Crippen molar-refractivity contribution in [2.45, 2.75) is 12.5 Å². The average molecular weight is 508 g/mol. The minimum atomic E-state index is -0.643. The lowest BCUT2D eigenvalue weighted by Gasteiger charge is -2.33. The highest BCUT2D eigenvalue weighted by molar-refractivity contribution is 5.94. The number of nitrogens with two attached hydrogens (primary N) is 1. The van der Waals surface area contributed by atoms with Gasteiger partial charge in [-0.3, -0.25) is 14.7 Å². The Bertz CT molecular complexity index is 1230. The molecule has 2 aromatic carbocycles. The van der Waals surface area contributed by atoms with Crippen molar-refractivity contribution < 1.29 is 23.8 Å². The van der Waals surface area contributed by atoms with Gasteiger partial charge in [-0.2, -0.15) is 5.10 Å². The Balaban J connectivity index is 1.65. The highest BCUT2D eigenvalue weighted by Crippen LogP contribution is 2.43. The number of benzene rings is 2. The second kappa shape index (κ2) is 11.9. The minimum Gasteiger partial charge on any atom is -0.492 e. The van der Waals surface area contributed by atoms with Crippen LogP contribution in [0.15, 0.2) is 48.8 Å². The molecule has 196 valence electrons. The number of nitrogens with one attached hydrogen (secondary N) is 2. The molecule has 1 aromatic heterocycles. The number of aromatic nitrogens is 2. The zero-order valence-corrected chi connectivity index (χ0v) is 21.3. The van der Waals surface area contributed by atoms with Crippen LogP contribution in [-0.2, 0) is 16.0 Å². The Labute approximate surface area is 216 Å². The quantitative estimate of drug-likeness (QED) is 0.339. The lowest BCUT2D eigenvalue weighted by atomic mass is 9.85. The number of methoxy groups -OCH3 is 1. The predicted octanol–water partition coefficient (Wildman–Crippen LogP) is 2.17. The van der Waals surface area contributed by atoms with Crippen molar-refractivity contribution in [2.24, 2.45) is 11.7 Å². The van der Waals surface area contributed by atoms with Crippen LogP contribution in [0.5, 0.6) is 11.5 Å². The van der Waals surface area contributed by atoms with E-state index in [0.717, 1.165) is 28.8 Å². The summed E-state index contributed by atoms with van der Waals surface area (Å²) in [5.74, 6) is -0.119. The van der Waals surface area contributed by atoms with E-state index in [-0.39, 0.29) is 5.91 Å². The maximum Gasteiger partial charge on any atom is 0.251 e. The molecule has 0 radical (unpaired) electrons. The molecule has 0 saturated carbocycles. The van der Waals surface area contributed by atoms with Gasteiger partial charge in [-0.25, -0.2) is 0 Å². The summed E-state index contributed by atoms with van der Waals surface area (Å²) >= 11 is 0. The maximum atomic E-state index is 12.6. The topological polar surface area (TPSA) is 132 Å². The molecule has 10 heteroatoms. The molecule has 0 bridgehead atoms. The third-order valence-corrected chi connectivity index (χ3v) is 6.29. The van der Waals surface area contributed by atoms with Crippen LogP contribution in [0.4, 0.5) is 0 Å². The Kier molecular flexibility index (Phi) is 8.42. The molecular formula is C27H33N5O5. The van der Waals surface area contributed by atoms with E-state index in [1.807, 2.05) is 37.2 Å². The SMILES string of the molecule is COCCNC(=O)c1ccc2c(c1)CC(C(N)=O)C(c1ccc(-c3cn[nH]c3)cc1OCCN(C)C)O2. The number of hydrogen-bond acceptors (Lipinski definition) is 7. The van der Waals surface area contributed by atoms with Crippen molar-refractivity contribution >= 4 is 11.8 Å². The highest BCUT2D eigenvalue weighted by atomic mass is 16.5. The van der Waals surface area contributed by atoms with Gasteiger partial charge in [0.05, 0.1) is 18.7 Å². The van der Waals surface area contributed by atoms with Gasteiger partial charge < -0.3 is 30.2 Å². The van der Waals surface area contributed by atoms with Gasteiger partial charge in [0.25, 0.3) is 5.91 Å². The number of H-pyrrole nitrogens is 1. The number of carbonyl (C=O) groups is 2. The number of primary amides is 1. The van der Waals surface area contributed by atoms with Gasteiger partial charge in [0, 0.05) is 43.1 Å². The summed E-state index contributed by atoms with van der Waals surface area (Å²) in [5, 5.41) is 9.66. The molecule has 3 aromatic rings. The zero-order valence-electron chi connectivity index (χ0n) is 21.3. The minimum absolute atomic E-state index is 0.219. The van der Waals surface area contributed by atoms with Crippen molar-refractivity contribution in [3.63, 3.8) is 0 Å². The van der Waals surface area contributed by atoms with Gasteiger partial charge in [-0.15, -0.1) is 0 Å². The summed E-state index contributed by atoms with van der Waals surface area (Å²) in [6.45, 7) is 2.00. The fourth-order valence-electron chi connectivity index (χ4n) is 4.28. The summed E-state index contributed by atoms with van der Waals surface area (Å²) in [7, 11) is 5.53. The summed E-state index contributed by atoms with van der Waals surface area (Å²) in [6, 6.07) is 11.0. The zero-order chi connectivity index (χ0) is 26.4. The maximum absolute atomic E-state index is 12.6. The second-order valence-corrected chi connectivity index (χ2v) is 9.21. The Hall–Kier alpha value is -3.89. The molecule has 2 heterocycles. The van der Waals surface area contributed by atoms with E-state index in [4.69, 9.17) is 19.9 Å². The molecule has 1 aliphatic heterocycles. The summed E-state index contributed by atoms with van der Waals surface area (Å²) < 4.78 is 17.5. The molecule has 4 N–H and O–H groups in total. The van der Waals surface area contributed by atoms with E-state index >= 15 is 0 Å². The van der Waals surface area contributed by atoms with Crippen molar-refractivity contribution in [2.75, 3.05) is 47.5 Å². The number of likely N-dealkylation sites (N-methyl/N-ethyl adjacent to an activating group) is 1. The summed E-state index contributed by atoms with van der Waals surface area (Å²) in [4.78, 5) is 27.1. The molecule has 2 atom stereocenters. The molecule has 0 spiro atoms. The first-order valence-electron chi connectivity index (χ1n) is 12.1. The van der Waals surface area contributed by atoms with E-state index in [0.29, 0.717) is 43.2 Å². The largest absolute Gasteiger partial charge is 0.492 e. The van der Waals surface area contributed by atoms with Crippen LogP contribution in [0.3, 0.4) is 0 Å². The van der Waals surface area contributed by atoms with E-state index in [1.54, 1.807) is 37.7 Å². The van der Waals surface area contributed by atoms with Gasteiger partial charge >= 0.3 is 0 Å². The van der Waals surface area contributed by atoms with Crippen LogP contribution in [-0.4, -0.2) is 74.4 Å². The first kappa shape index (κ1) is 26.2. The molecular weight excluding hydrogens is 474 g/mol.